The number of fused-ring (bicyclic) bond motifs is 1. The molecule has 40 heavy (non-hydrogen) atoms. The number of H-pyrrole nitrogens is 1. The Balaban J connectivity index is 1.26. The zero-order chi connectivity index (χ0) is 28.3. The van der Waals surface area contributed by atoms with Crippen LogP contribution in [0.2, 0.25) is 0 Å². The van der Waals surface area contributed by atoms with Gasteiger partial charge in [-0.3, -0.25) is 4.90 Å². The average molecular weight is 543 g/mol. The molecule has 3 aromatic rings. The van der Waals surface area contributed by atoms with Crippen LogP contribution in [0.5, 0.6) is 11.5 Å². The fraction of sp³-hybridized carbons (Fsp3) is 0.455. The van der Waals surface area contributed by atoms with Crippen LogP contribution in [-0.2, 0) is 0 Å². The zero-order valence-electron chi connectivity index (χ0n) is 24.1. The number of carbonyl (C=O) groups is 1. The van der Waals surface area contributed by atoms with E-state index in [1.165, 1.54) is 24.8 Å². The summed E-state index contributed by atoms with van der Waals surface area (Å²) in [6, 6.07) is 9.17. The predicted molar refractivity (Wildman–Crippen MR) is 162 cm³/mol. The number of nitrogens with zero attached hydrogens (tertiary/aromatic N) is 3. The second-order valence-electron chi connectivity index (χ2n) is 12.1. The Bertz CT molecular complexity index is 1410. The van der Waals surface area contributed by atoms with Crippen molar-refractivity contribution in [2.24, 2.45) is 5.41 Å². The minimum Gasteiger partial charge on any atom is -0.478 e. The third kappa shape index (κ3) is 6.58. The molecule has 3 heterocycles. The van der Waals surface area contributed by atoms with Crippen LogP contribution in [0.4, 0.5) is 5.69 Å². The van der Waals surface area contributed by atoms with E-state index >= 15 is 0 Å². The number of ether oxygens (including phenoxy) is 1. The van der Waals surface area contributed by atoms with Crippen molar-refractivity contribution in [2.45, 2.75) is 59.3 Å². The lowest BCUT2D eigenvalue weighted by molar-refractivity contribution is 0.0694. The molecule has 0 unspecified atom stereocenters. The molecule has 7 nitrogen and oxygen atoms in total. The van der Waals surface area contributed by atoms with Crippen LogP contribution >= 0.6 is 0 Å². The molecule has 2 aliphatic rings. The van der Waals surface area contributed by atoms with Gasteiger partial charge in [-0.15, -0.1) is 0 Å². The minimum atomic E-state index is -1.01. The molecule has 0 saturated carbocycles. The highest BCUT2D eigenvalue weighted by Gasteiger charge is 2.28. The Kier molecular flexibility index (Phi) is 8.31. The number of rotatable bonds is 10. The largest absolute Gasteiger partial charge is 0.478 e. The molecule has 1 fully saturated rings. The molecule has 212 valence electrons. The van der Waals surface area contributed by atoms with E-state index in [1.807, 2.05) is 30.5 Å². The molecule has 1 aromatic carbocycles. The fourth-order valence-corrected chi connectivity index (χ4v) is 5.92. The van der Waals surface area contributed by atoms with Gasteiger partial charge in [0.05, 0.1) is 6.20 Å². The molecule has 7 heteroatoms. The number of carboxylic acid groups (broad SMARTS) is 1. The lowest BCUT2D eigenvalue weighted by Gasteiger charge is -2.39. The van der Waals surface area contributed by atoms with Crippen molar-refractivity contribution in [2.75, 3.05) is 37.6 Å². The molecular weight excluding hydrogens is 500 g/mol. The lowest BCUT2D eigenvalue weighted by Crippen LogP contribution is -2.47. The van der Waals surface area contributed by atoms with Gasteiger partial charge in [0.25, 0.3) is 0 Å². The number of aromatic carboxylic acids is 1. The minimum absolute atomic E-state index is 0.141. The number of benzene rings is 1. The Morgan fingerprint density at radius 1 is 1.15 bits per heavy atom. The maximum absolute atomic E-state index is 11.9. The Hall–Kier alpha value is -3.58. The highest BCUT2D eigenvalue weighted by Crippen LogP contribution is 2.41. The highest BCUT2D eigenvalue weighted by atomic mass is 16.5. The van der Waals surface area contributed by atoms with Crippen LogP contribution in [0.15, 0.2) is 66.0 Å². The first-order valence-corrected chi connectivity index (χ1v) is 14.5. The van der Waals surface area contributed by atoms with Crippen molar-refractivity contribution >= 4 is 22.7 Å². The molecule has 1 saturated heterocycles. The molecule has 1 aliphatic heterocycles. The van der Waals surface area contributed by atoms with Gasteiger partial charge >= 0.3 is 5.97 Å². The molecule has 1 aliphatic carbocycles. The maximum atomic E-state index is 11.9. The third-order valence-corrected chi connectivity index (χ3v) is 8.53. The first-order valence-electron chi connectivity index (χ1n) is 14.5. The standard InChI is InChI=1S/C33H42N4O3/c1-5-23(2)6-7-25-20-33(3,4)12-10-26(25)22-36-14-16-37(17-15-36)27-8-9-29(32(38)39)30(19-27)40-28-18-24-11-13-34-31(24)35-21-28/h8-9,11,13,18-19,21H,2,5-7,10,12,14-17,20,22H2,1,3-4H3,(H,34,35)(H,38,39). The van der Waals surface area contributed by atoms with Crippen molar-refractivity contribution in [1.29, 1.82) is 0 Å². The highest BCUT2D eigenvalue weighted by molar-refractivity contribution is 5.92. The summed E-state index contributed by atoms with van der Waals surface area (Å²) in [6.45, 7) is 16.0. The first-order chi connectivity index (χ1) is 19.2. The Morgan fingerprint density at radius 2 is 1.95 bits per heavy atom. The van der Waals surface area contributed by atoms with Gasteiger partial charge in [0.15, 0.2) is 0 Å². The normalized spacial score (nSPS) is 17.8. The van der Waals surface area contributed by atoms with Crippen LogP contribution in [-0.4, -0.2) is 58.7 Å². The molecule has 2 aromatic heterocycles. The van der Waals surface area contributed by atoms with E-state index in [0.29, 0.717) is 16.9 Å². The van der Waals surface area contributed by atoms with E-state index in [2.05, 4.69) is 47.1 Å². The second kappa shape index (κ2) is 11.9. The van der Waals surface area contributed by atoms with Gasteiger partial charge in [0.2, 0.25) is 0 Å². The molecular formula is C33H42N4O3. The summed E-state index contributed by atoms with van der Waals surface area (Å²) in [5.74, 6) is -0.166. The quantitative estimate of drug-likeness (QED) is 0.259. The molecule has 0 spiro atoms. The molecule has 0 radical (unpaired) electrons. The zero-order valence-corrected chi connectivity index (χ0v) is 24.1. The van der Waals surface area contributed by atoms with E-state index in [-0.39, 0.29) is 5.56 Å². The van der Waals surface area contributed by atoms with Gasteiger partial charge in [-0.1, -0.05) is 44.1 Å². The van der Waals surface area contributed by atoms with Gasteiger partial charge in [-0.25, -0.2) is 9.78 Å². The smallest absolute Gasteiger partial charge is 0.339 e. The van der Waals surface area contributed by atoms with Crippen molar-refractivity contribution in [3.8, 4) is 11.5 Å². The number of aromatic nitrogens is 2. The molecule has 0 amide bonds. The number of carboxylic acids is 1. The topological polar surface area (TPSA) is 81.7 Å². The number of piperazine rings is 1. The van der Waals surface area contributed by atoms with E-state index in [4.69, 9.17) is 4.74 Å². The monoisotopic (exact) mass is 542 g/mol. The number of allylic oxidation sites excluding steroid dienone is 2. The fourth-order valence-electron chi connectivity index (χ4n) is 5.92. The van der Waals surface area contributed by atoms with E-state index < -0.39 is 5.97 Å². The second-order valence-corrected chi connectivity index (χ2v) is 12.1. The Labute approximate surface area is 237 Å². The van der Waals surface area contributed by atoms with Crippen LogP contribution in [0.25, 0.3) is 11.0 Å². The summed E-state index contributed by atoms with van der Waals surface area (Å²) in [4.78, 5) is 24.3. The average Bonchev–Trinajstić information content (AvgIpc) is 3.41. The van der Waals surface area contributed by atoms with E-state index in [1.54, 1.807) is 23.4 Å². The SMILES string of the molecule is C=C(CC)CCC1=C(CN2CCN(c3ccc(C(=O)O)c(Oc4cnc5[nH]ccc5c4)c3)CC2)CCC(C)(C)C1. The summed E-state index contributed by atoms with van der Waals surface area (Å²) >= 11 is 0. The van der Waals surface area contributed by atoms with Crippen LogP contribution < -0.4 is 9.64 Å². The molecule has 0 atom stereocenters. The summed E-state index contributed by atoms with van der Waals surface area (Å²) in [6.07, 6.45) is 10.4. The summed E-state index contributed by atoms with van der Waals surface area (Å²) in [7, 11) is 0. The van der Waals surface area contributed by atoms with Crippen LogP contribution in [0.1, 0.15) is 69.7 Å². The van der Waals surface area contributed by atoms with Crippen molar-refractivity contribution in [3.05, 3.63) is 71.6 Å². The number of hydrogen-bond donors (Lipinski definition) is 2. The van der Waals surface area contributed by atoms with Gasteiger partial charge in [0, 0.05) is 56.1 Å². The number of hydrogen-bond acceptors (Lipinski definition) is 5. The van der Waals surface area contributed by atoms with E-state index in [9.17, 15) is 9.90 Å². The summed E-state index contributed by atoms with van der Waals surface area (Å²) < 4.78 is 6.07. The number of pyridine rings is 1. The molecule has 2 N–H and O–H groups in total. The number of anilines is 1. The molecule has 5 rings (SSSR count). The maximum Gasteiger partial charge on any atom is 0.339 e. The third-order valence-electron chi connectivity index (χ3n) is 8.53. The molecule has 0 bridgehead atoms. The lowest BCUT2D eigenvalue weighted by atomic mass is 9.73. The van der Waals surface area contributed by atoms with Gasteiger partial charge in [0.1, 0.15) is 22.7 Å². The van der Waals surface area contributed by atoms with Crippen molar-refractivity contribution in [1.82, 2.24) is 14.9 Å². The first kappa shape index (κ1) is 28.0. The van der Waals surface area contributed by atoms with E-state index in [0.717, 1.165) is 68.7 Å². The van der Waals surface area contributed by atoms with Gasteiger partial charge in [-0.2, -0.15) is 0 Å². The number of nitrogens with one attached hydrogen (secondary N) is 1. The summed E-state index contributed by atoms with van der Waals surface area (Å²) in [5, 5.41) is 10.7. The van der Waals surface area contributed by atoms with Gasteiger partial charge < -0.3 is 19.7 Å². The van der Waals surface area contributed by atoms with Crippen molar-refractivity contribution in [3.63, 3.8) is 0 Å². The van der Waals surface area contributed by atoms with Gasteiger partial charge in [-0.05, 0) is 68.2 Å². The Morgan fingerprint density at radius 3 is 2.70 bits per heavy atom. The summed E-state index contributed by atoms with van der Waals surface area (Å²) in [5.41, 5.74) is 6.93. The predicted octanol–water partition coefficient (Wildman–Crippen LogP) is 7.43. The van der Waals surface area contributed by atoms with Crippen LogP contribution in [0, 0.1) is 5.41 Å². The number of aromatic amines is 1. The van der Waals surface area contributed by atoms with Crippen LogP contribution in [0.3, 0.4) is 0 Å². The van der Waals surface area contributed by atoms with Crippen molar-refractivity contribution < 1.29 is 14.6 Å².